The smallest absolute Gasteiger partial charge is 0.407 e. The third-order valence-electron chi connectivity index (χ3n) is 2.59. The first-order valence-corrected chi connectivity index (χ1v) is 7.51. The van der Waals surface area contributed by atoms with E-state index in [1.54, 1.807) is 6.92 Å². The van der Waals surface area contributed by atoms with Crippen LogP contribution in [-0.4, -0.2) is 24.6 Å². The van der Waals surface area contributed by atoms with Crippen LogP contribution in [0.2, 0.25) is 0 Å². The molecule has 0 saturated heterocycles. The van der Waals surface area contributed by atoms with Gasteiger partial charge in [-0.15, -0.1) is 0 Å². The summed E-state index contributed by atoms with van der Waals surface area (Å²) in [5.41, 5.74) is 0.707. The van der Waals surface area contributed by atoms with Crippen LogP contribution in [0, 0.1) is 9.49 Å². The summed E-state index contributed by atoms with van der Waals surface area (Å²) in [5, 5.41) is 5.37. The van der Waals surface area contributed by atoms with Crippen LogP contribution in [0.15, 0.2) is 24.3 Å². The summed E-state index contributed by atoms with van der Waals surface area (Å²) in [6.07, 6.45) is -0.580. The summed E-state index contributed by atoms with van der Waals surface area (Å²) in [4.78, 5) is 23.7. The number of carbonyl (C=O) groups is 2. The molecule has 1 atom stereocenters. The predicted molar refractivity (Wildman–Crippen MR) is 86.6 cm³/mol. The fourth-order valence-corrected chi connectivity index (χ4v) is 2.16. The van der Waals surface area contributed by atoms with E-state index in [-0.39, 0.29) is 18.4 Å². The van der Waals surface area contributed by atoms with Crippen molar-refractivity contribution in [1.29, 1.82) is 0 Å². The Morgan fingerprint density at radius 3 is 2.60 bits per heavy atom. The molecule has 0 spiro atoms. The van der Waals surface area contributed by atoms with Crippen molar-refractivity contribution in [2.45, 2.75) is 26.8 Å². The molecule has 0 saturated carbocycles. The van der Waals surface area contributed by atoms with Crippen molar-refractivity contribution in [3.8, 4) is 0 Å². The van der Waals surface area contributed by atoms with Gasteiger partial charge in [0.15, 0.2) is 0 Å². The first-order valence-electron chi connectivity index (χ1n) is 6.43. The fraction of sp³-hybridized carbons (Fsp3) is 0.429. The molecule has 0 bridgehead atoms. The largest absolute Gasteiger partial charge is 0.450 e. The molecule has 0 fully saturated rings. The molecule has 0 heterocycles. The number of ether oxygens (including phenoxy) is 1. The monoisotopic (exact) mass is 390 g/mol. The van der Waals surface area contributed by atoms with E-state index >= 15 is 0 Å². The summed E-state index contributed by atoms with van der Waals surface area (Å²) in [5.74, 6) is -0.294. The number of halogens is 1. The summed E-state index contributed by atoms with van der Waals surface area (Å²) in [6.45, 7) is 5.72. The zero-order valence-corrected chi connectivity index (χ0v) is 13.9. The Labute approximate surface area is 132 Å². The number of anilines is 1. The van der Waals surface area contributed by atoms with Crippen LogP contribution in [0.3, 0.4) is 0 Å². The molecule has 1 rings (SSSR count). The van der Waals surface area contributed by atoms with Crippen molar-refractivity contribution in [2.24, 2.45) is 5.92 Å². The fourth-order valence-electron chi connectivity index (χ4n) is 1.62. The van der Waals surface area contributed by atoms with Crippen LogP contribution < -0.4 is 10.6 Å². The molecule has 20 heavy (non-hydrogen) atoms. The van der Waals surface area contributed by atoms with Crippen molar-refractivity contribution in [1.82, 2.24) is 5.32 Å². The van der Waals surface area contributed by atoms with Gasteiger partial charge in [-0.3, -0.25) is 4.79 Å². The van der Waals surface area contributed by atoms with Crippen molar-refractivity contribution in [2.75, 3.05) is 11.9 Å². The second kappa shape index (κ2) is 8.08. The number of rotatable bonds is 5. The van der Waals surface area contributed by atoms with Crippen LogP contribution in [0.1, 0.15) is 20.8 Å². The summed E-state index contributed by atoms with van der Waals surface area (Å²) in [6, 6.07) is 6.84. The SMILES string of the molecule is CCOC(=O)NC(C(=O)Nc1cccc(I)c1)C(C)C. The van der Waals surface area contributed by atoms with Gasteiger partial charge in [-0.25, -0.2) is 4.79 Å². The highest BCUT2D eigenvalue weighted by Crippen LogP contribution is 2.14. The van der Waals surface area contributed by atoms with Gasteiger partial charge in [0.05, 0.1) is 6.61 Å². The van der Waals surface area contributed by atoms with E-state index in [2.05, 4.69) is 33.2 Å². The second-order valence-electron chi connectivity index (χ2n) is 4.59. The van der Waals surface area contributed by atoms with E-state index < -0.39 is 12.1 Å². The predicted octanol–water partition coefficient (Wildman–Crippen LogP) is 3.00. The standard InChI is InChI=1S/C14H19IN2O3/c1-4-20-14(19)17-12(9(2)3)13(18)16-11-7-5-6-10(15)8-11/h5-9,12H,4H2,1-3H3,(H,16,18)(H,17,19). The average molecular weight is 390 g/mol. The topological polar surface area (TPSA) is 67.4 Å². The van der Waals surface area contributed by atoms with Gasteiger partial charge in [0.2, 0.25) is 5.91 Å². The normalized spacial score (nSPS) is 11.8. The molecule has 2 amide bonds. The van der Waals surface area contributed by atoms with E-state index in [9.17, 15) is 9.59 Å². The molecular weight excluding hydrogens is 371 g/mol. The quantitative estimate of drug-likeness (QED) is 0.760. The van der Waals surface area contributed by atoms with Crippen molar-refractivity contribution < 1.29 is 14.3 Å². The third-order valence-corrected chi connectivity index (χ3v) is 3.26. The average Bonchev–Trinajstić information content (AvgIpc) is 2.35. The van der Waals surface area contributed by atoms with Gasteiger partial charge in [0, 0.05) is 9.26 Å². The molecule has 0 aliphatic carbocycles. The molecule has 110 valence electrons. The van der Waals surface area contributed by atoms with Crippen LogP contribution in [0.5, 0.6) is 0 Å². The van der Waals surface area contributed by atoms with Gasteiger partial charge in [-0.1, -0.05) is 19.9 Å². The van der Waals surface area contributed by atoms with Crippen LogP contribution >= 0.6 is 22.6 Å². The van der Waals surface area contributed by atoms with Gasteiger partial charge in [0.1, 0.15) is 6.04 Å². The number of alkyl carbamates (subject to hydrolysis) is 1. The lowest BCUT2D eigenvalue weighted by atomic mass is 10.0. The zero-order valence-electron chi connectivity index (χ0n) is 11.8. The van der Waals surface area contributed by atoms with Crippen LogP contribution in [-0.2, 0) is 9.53 Å². The van der Waals surface area contributed by atoms with Crippen LogP contribution in [0.25, 0.3) is 0 Å². The number of benzene rings is 1. The number of carbonyl (C=O) groups excluding carboxylic acids is 2. The summed E-state index contributed by atoms with van der Waals surface area (Å²) >= 11 is 2.17. The first-order chi connectivity index (χ1) is 9.43. The van der Waals surface area contributed by atoms with E-state index in [0.717, 1.165) is 3.57 Å². The maximum absolute atomic E-state index is 12.2. The summed E-state index contributed by atoms with van der Waals surface area (Å²) < 4.78 is 5.84. The summed E-state index contributed by atoms with van der Waals surface area (Å²) in [7, 11) is 0. The molecule has 1 aromatic rings. The lowest BCUT2D eigenvalue weighted by molar-refractivity contribution is -0.119. The number of hydrogen-bond acceptors (Lipinski definition) is 3. The van der Waals surface area contributed by atoms with E-state index in [4.69, 9.17) is 4.74 Å². The van der Waals surface area contributed by atoms with Crippen molar-refractivity contribution in [3.63, 3.8) is 0 Å². The number of amides is 2. The molecule has 1 aromatic carbocycles. The first kappa shape index (κ1) is 16.7. The molecule has 6 heteroatoms. The minimum atomic E-state index is -0.632. The van der Waals surface area contributed by atoms with Crippen molar-refractivity contribution in [3.05, 3.63) is 27.8 Å². The molecule has 2 N–H and O–H groups in total. The Hall–Kier alpha value is -1.31. The number of hydrogen-bond donors (Lipinski definition) is 2. The highest BCUT2D eigenvalue weighted by Gasteiger charge is 2.24. The van der Waals surface area contributed by atoms with Gasteiger partial charge >= 0.3 is 6.09 Å². The highest BCUT2D eigenvalue weighted by molar-refractivity contribution is 14.1. The molecule has 0 aliphatic rings. The lowest BCUT2D eigenvalue weighted by Crippen LogP contribution is -2.47. The molecular formula is C14H19IN2O3. The zero-order chi connectivity index (χ0) is 15.1. The lowest BCUT2D eigenvalue weighted by Gasteiger charge is -2.21. The van der Waals surface area contributed by atoms with E-state index in [1.165, 1.54) is 0 Å². The van der Waals surface area contributed by atoms with Gasteiger partial charge in [-0.2, -0.15) is 0 Å². The molecule has 0 aliphatic heterocycles. The highest BCUT2D eigenvalue weighted by atomic mass is 127. The Kier molecular flexibility index (Phi) is 6.77. The Balaban J connectivity index is 2.71. The van der Waals surface area contributed by atoms with Crippen LogP contribution in [0.4, 0.5) is 10.5 Å². The minimum Gasteiger partial charge on any atom is -0.450 e. The minimum absolute atomic E-state index is 0.0396. The van der Waals surface area contributed by atoms with Gasteiger partial charge in [0.25, 0.3) is 0 Å². The Morgan fingerprint density at radius 1 is 1.35 bits per heavy atom. The molecule has 0 aromatic heterocycles. The van der Waals surface area contributed by atoms with Gasteiger partial charge in [-0.05, 0) is 53.6 Å². The third kappa shape index (κ3) is 5.36. The maximum atomic E-state index is 12.2. The van der Waals surface area contributed by atoms with E-state index in [1.807, 2.05) is 38.1 Å². The second-order valence-corrected chi connectivity index (χ2v) is 5.83. The molecule has 5 nitrogen and oxygen atoms in total. The molecule has 0 radical (unpaired) electrons. The van der Waals surface area contributed by atoms with Crippen molar-refractivity contribution >= 4 is 40.3 Å². The Morgan fingerprint density at radius 2 is 2.05 bits per heavy atom. The Bertz CT molecular complexity index is 477. The van der Waals surface area contributed by atoms with E-state index in [0.29, 0.717) is 5.69 Å². The molecule has 1 unspecified atom stereocenters. The maximum Gasteiger partial charge on any atom is 0.407 e. The number of nitrogens with one attached hydrogen (secondary N) is 2. The van der Waals surface area contributed by atoms with Gasteiger partial charge < -0.3 is 15.4 Å².